The first-order valence-electron chi connectivity index (χ1n) is 5.83. The van der Waals surface area contributed by atoms with Crippen molar-refractivity contribution in [3.05, 3.63) is 42.2 Å². The average molecular weight is 274 g/mol. The number of hydrazone groups is 1. The van der Waals surface area contributed by atoms with Gasteiger partial charge in [0.15, 0.2) is 5.11 Å². The Bertz CT molecular complexity index is 595. The molecule has 6 heteroatoms. The number of nitrogens with one attached hydrogen (secondary N) is 2. The summed E-state index contributed by atoms with van der Waals surface area (Å²) in [6.07, 6.45) is 3.36. The molecule has 19 heavy (non-hydrogen) atoms. The molecule has 0 amide bonds. The molecule has 2 rings (SSSR count). The molecule has 3 N–H and O–H groups in total. The van der Waals surface area contributed by atoms with E-state index in [1.54, 1.807) is 12.4 Å². The minimum atomic E-state index is 0.0242. The van der Waals surface area contributed by atoms with E-state index in [1.807, 2.05) is 30.3 Å². The molecule has 0 aliphatic heterocycles. The lowest BCUT2D eigenvalue weighted by molar-refractivity contribution is 0.300. The lowest BCUT2D eigenvalue weighted by Crippen LogP contribution is -2.33. The number of rotatable bonds is 4. The maximum absolute atomic E-state index is 8.64. The van der Waals surface area contributed by atoms with Gasteiger partial charge in [-0.05, 0) is 23.7 Å². The fourth-order valence-electron chi connectivity index (χ4n) is 1.61. The number of aliphatic hydroxyl groups excluding tert-OH is 1. The third-order valence-electron chi connectivity index (χ3n) is 2.45. The largest absolute Gasteiger partial charge is 0.395 e. The van der Waals surface area contributed by atoms with Crippen molar-refractivity contribution in [2.75, 3.05) is 13.2 Å². The standard InChI is InChI=1S/C13H14N4OS/c18-8-7-15-13(19)17-16-9-12-11-4-2-1-3-10(11)5-6-14-12/h1-6,9,18H,7-8H2,(H2,15,17,19)/b16-9-. The van der Waals surface area contributed by atoms with E-state index in [1.165, 1.54) is 0 Å². The zero-order valence-electron chi connectivity index (χ0n) is 10.2. The molecule has 1 aromatic heterocycles. The van der Waals surface area contributed by atoms with Crippen molar-refractivity contribution in [1.82, 2.24) is 15.7 Å². The van der Waals surface area contributed by atoms with Crippen LogP contribution in [0.1, 0.15) is 5.69 Å². The SMILES string of the molecule is OCCNC(=S)N/N=C\c1nccc2ccccc12. The highest BCUT2D eigenvalue weighted by Gasteiger charge is 1.98. The van der Waals surface area contributed by atoms with Gasteiger partial charge in [0.05, 0.1) is 18.5 Å². The molecule has 1 aromatic carbocycles. The summed E-state index contributed by atoms with van der Waals surface area (Å²) in [6.45, 7) is 0.421. The van der Waals surface area contributed by atoms with Gasteiger partial charge in [-0.2, -0.15) is 5.10 Å². The van der Waals surface area contributed by atoms with Crippen molar-refractivity contribution < 1.29 is 5.11 Å². The van der Waals surface area contributed by atoms with Crippen LogP contribution in [0, 0.1) is 0 Å². The number of aromatic nitrogens is 1. The second kappa shape index (κ2) is 6.77. The van der Waals surface area contributed by atoms with Crippen LogP contribution in [0.15, 0.2) is 41.6 Å². The maximum Gasteiger partial charge on any atom is 0.187 e. The Labute approximate surface area is 116 Å². The van der Waals surface area contributed by atoms with Crippen LogP contribution in [0.25, 0.3) is 10.8 Å². The van der Waals surface area contributed by atoms with E-state index in [9.17, 15) is 0 Å². The van der Waals surface area contributed by atoms with E-state index in [4.69, 9.17) is 17.3 Å². The Morgan fingerprint density at radius 3 is 3.05 bits per heavy atom. The lowest BCUT2D eigenvalue weighted by atomic mass is 10.1. The monoisotopic (exact) mass is 274 g/mol. The summed E-state index contributed by atoms with van der Waals surface area (Å²) in [5.74, 6) is 0. The van der Waals surface area contributed by atoms with Gasteiger partial charge >= 0.3 is 0 Å². The van der Waals surface area contributed by atoms with Crippen LogP contribution in [0.4, 0.5) is 0 Å². The van der Waals surface area contributed by atoms with Crippen molar-refractivity contribution >= 4 is 34.3 Å². The highest BCUT2D eigenvalue weighted by molar-refractivity contribution is 7.80. The first-order valence-corrected chi connectivity index (χ1v) is 6.23. The number of pyridine rings is 1. The number of nitrogens with zero attached hydrogens (tertiary/aromatic N) is 2. The van der Waals surface area contributed by atoms with Gasteiger partial charge in [-0.1, -0.05) is 24.3 Å². The van der Waals surface area contributed by atoms with Gasteiger partial charge in [-0.25, -0.2) is 0 Å². The van der Waals surface area contributed by atoms with Gasteiger partial charge in [0.2, 0.25) is 0 Å². The van der Waals surface area contributed by atoms with E-state index in [2.05, 4.69) is 20.8 Å². The van der Waals surface area contributed by atoms with Crippen LogP contribution in [-0.4, -0.2) is 34.6 Å². The molecular weight excluding hydrogens is 260 g/mol. The summed E-state index contributed by atoms with van der Waals surface area (Å²) >= 11 is 4.96. The molecule has 0 atom stereocenters. The number of aliphatic hydroxyl groups is 1. The van der Waals surface area contributed by atoms with Crippen LogP contribution in [0.3, 0.4) is 0 Å². The van der Waals surface area contributed by atoms with Gasteiger partial charge in [-0.15, -0.1) is 0 Å². The van der Waals surface area contributed by atoms with Gasteiger partial charge in [0, 0.05) is 18.1 Å². The quantitative estimate of drug-likeness (QED) is 0.441. The van der Waals surface area contributed by atoms with Crippen LogP contribution in [0.5, 0.6) is 0 Å². The van der Waals surface area contributed by atoms with E-state index in [0.717, 1.165) is 16.5 Å². The number of hydrogen-bond donors (Lipinski definition) is 3. The second-order valence-corrected chi connectivity index (χ2v) is 4.18. The normalized spacial score (nSPS) is 10.8. The van der Waals surface area contributed by atoms with Crippen molar-refractivity contribution in [2.24, 2.45) is 5.10 Å². The van der Waals surface area contributed by atoms with Crippen molar-refractivity contribution in [1.29, 1.82) is 0 Å². The fraction of sp³-hybridized carbons (Fsp3) is 0.154. The molecular formula is C13H14N4OS. The topological polar surface area (TPSA) is 69.5 Å². The Balaban J connectivity index is 2.07. The van der Waals surface area contributed by atoms with Crippen LogP contribution in [0.2, 0.25) is 0 Å². The summed E-state index contributed by atoms with van der Waals surface area (Å²) in [4.78, 5) is 4.27. The Morgan fingerprint density at radius 2 is 2.21 bits per heavy atom. The smallest absolute Gasteiger partial charge is 0.187 e. The first-order chi connectivity index (χ1) is 9.31. The van der Waals surface area contributed by atoms with Gasteiger partial charge < -0.3 is 10.4 Å². The van der Waals surface area contributed by atoms with Crippen LogP contribution >= 0.6 is 12.2 Å². The summed E-state index contributed by atoms with van der Waals surface area (Å²) in [5.41, 5.74) is 3.44. The first kappa shape index (κ1) is 13.4. The third-order valence-corrected chi connectivity index (χ3v) is 2.69. The van der Waals surface area contributed by atoms with Crippen molar-refractivity contribution in [2.45, 2.75) is 0 Å². The van der Waals surface area contributed by atoms with E-state index in [0.29, 0.717) is 11.7 Å². The third kappa shape index (κ3) is 3.70. The van der Waals surface area contributed by atoms with Crippen molar-refractivity contribution in [3.8, 4) is 0 Å². The molecule has 0 bridgehead atoms. The molecule has 98 valence electrons. The van der Waals surface area contributed by atoms with Crippen molar-refractivity contribution in [3.63, 3.8) is 0 Å². The minimum absolute atomic E-state index is 0.0242. The number of fused-ring (bicyclic) bond motifs is 1. The molecule has 0 fully saturated rings. The highest BCUT2D eigenvalue weighted by Crippen LogP contribution is 2.14. The van der Waals surface area contributed by atoms with Crippen LogP contribution < -0.4 is 10.7 Å². The molecule has 0 unspecified atom stereocenters. The minimum Gasteiger partial charge on any atom is -0.395 e. The molecule has 2 aromatic rings. The summed E-state index contributed by atoms with van der Waals surface area (Å²) < 4.78 is 0. The molecule has 5 nitrogen and oxygen atoms in total. The van der Waals surface area contributed by atoms with E-state index in [-0.39, 0.29) is 6.61 Å². The number of benzene rings is 1. The molecule has 1 heterocycles. The summed E-state index contributed by atoms with van der Waals surface area (Å²) in [6, 6.07) is 9.91. The zero-order valence-corrected chi connectivity index (χ0v) is 11.0. The Morgan fingerprint density at radius 1 is 1.37 bits per heavy atom. The second-order valence-electron chi connectivity index (χ2n) is 3.77. The van der Waals surface area contributed by atoms with E-state index >= 15 is 0 Å². The summed E-state index contributed by atoms with van der Waals surface area (Å²) in [7, 11) is 0. The molecule has 0 aliphatic rings. The molecule has 0 spiro atoms. The average Bonchev–Trinajstić information content (AvgIpc) is 2.45. The summed E-state index contributed by atoms with van der Waals surface area (Å²) in [5, 5.41) is 18.0. The lowest BCUT2D eigenvalue weighted by Gasteiger charge is -2.04. The number of hydrogen-bond acceptors (Lipinski definition) is 4. The predicted molar refractivity (Wildman–Crippen MR) is 80.2 cm³/mol. The van der Waals surface area contributed by atoms with Gasteiger partial charge in [0.1, 0.15) is 0 Å². The zero-order chi connectivity index (χ0) is 13.5. The predicted octanol–water partition coefficient (Wildman–Crippen LogP) is 1.03. The molecule has 0 saturated carbocycles. The van der Waals surface area contributed by atoms with Crippen LogP contribution in [-0.2, 0) is 0 Å². The highest BCUT2D eigenvalue weighted by atomic mass is 32.1. The fourth-order valence-corrected chi connectivity index (χ4v) is 1.76. The molecule has 0 aliphatic carbocycles. The Kier molecular flexibility index (Phi) is 4.77. The van der Waals surface area contributed by atoms with E-state index < -0.39 is 0 Å². The molecule has 0 radical (unpaired) electrons. The number of thiocarbonyl (C=S) groups is 1. The molecule has 0 saturated heterocycles. The maximum atomic E-state index is 8.64. The van der Waals surface area contributed by atoms with Gasteiger partial charge in [0.25, 0.3) is 0 Å². The van der Waals surface area contributed by atoms with Gasteiger partial charge in [-0.3, -0.25) is 10.4 Å². The Hall–Kier alpha value is -2.05.